The van der Waals surface area contributed by atoms with Gasteiger partial charge in [0.05, 0.1) is 12.5 Å². The Bertz CT molecular complexity index is 500. The van der Waals surface area contributed by atoms with Crippen molar-refractivity contribution in [2.75, 3.05) is 6.61 Å². The van der Waals surface area contributed by atoms with Gasteiger partial charge < -0.3 is 15.2 Å². The Kier molecular flexibility index (Phi) is 4.98. The predicted molar refractivity (Wildman–Crippen MR) is 73.6 cm³/mol. The first-order valence-electron chi connectivity index (χ1n) is 6.46. The number of hydrogen-bond acceptors (Lipinski definition) is 3. The first kappa shape index (κ1) is 14.8. The largest absolute Gasteiger partial charge is 0.481 e. The van der Waals surface area contributed by atoms with E-state index in [9.17, 15) is 9.59 Å². The average Bonchev–Trinajstić information content (AvgIpc) is 2.92. The van der Waals surface area contributed by atoms with Gasteiger partial charge in [-0.15, -0.1) is 0 Å². The number of benzene rings is 1. The van der Waals surface area contributed by atoms with Crippen LogP contribution in [0.4, 0.5) is 0 Å². The van der Waals surface area contributed by atoms with Gasteiger partial charge in [0.1, 0.15) is 6.10 Å². The number of hydrogen-bond donors (Lipinski definition) is 2. The van der Waals surface area contributed by atoms with Crippen LogP contribution in [0.15, 0.2) is 24.3 Å². The van der Waals surface area contributed by atoms with Crippen molar-refractivity contribution in [3.05, 3.63) is 34.9 Å². The van der Waals surface area contributed by atoms with Crippen LogP contribution in [0.5, 0.6) is 0 Å². The minimum absolute atomic E-state index is 0.220. The Hall–Kier alpha value is -1.59. The number of aliphatic carboxylic acids is 1. The number of carbonyl (C=O) groups is 2. The second kappa shape index (κ2) is 6.72. The number of nitrogens with one attached hydrogen (secondary N) is 1. The summed E-state index contributed by atoms with van der Waals surface area (Å²) < 4.78 is 5.29. The molecular formula is C14H16ClNO4. The second-order valence-electron chi connectivity index (χ2n) is 4.68. The van der Waals surface area contributed by atoms with Crippen molar-refractivity contribution in [3.63, 3.8) is 0 Å². The fourth-order valence-electron chi connectivity index (χ4n) is 2.22. The zero-order chi connectivity index (χ0) is 14.5. The van der Waals surface area contributed by atoms with E-state index in [4.69, 9.17) is 21.4 Å². The van der Waals surface area contributed by atoms with Gasteiger partial charge in [-0.3, -0.25) is 9.59 Å². The van der Waals surface area contributed by atoms with Gasteiger partial charge in [-0.1, -0.05) is 29.8 Å². The van der Waals surface area contributed by atoms with Crippen LogP contribution in [0.25, 0.3) is 0 Å². The summed E-state index contributed by atoms with van der Waals surface area (Å²) in [6.45, 7) is 0.563. The molecule has 0 unspecified atom stereocenters. The van der Waals surface area contributed by atoms with Crippen LogP contribution in [-0.4, -0.2) is 29.7 Å². The number of ether oxygens (including phenoxy) is 1. The Labute approximate surface area is 121 Å². The molecular weight excluding hydrogens is 282 g/mol. The second-order valence-corrected chi connectivity index (χ2v) is 5.09. The zero-order valence-corrected chi connectivity index (χ0v) is 11.6. The molecule has 1 aromatic carbocycles. The number of carboxylic acid groups (broad SMARTS) is 1. The van der Waals surface area contributed by atoms with Crippen LogP contribution in [0.1, 0.15) is 30.9 Å². The third kappa shape index (κ3) is 3.71. The molecule has 0 aliphatic carbocycles. The number of halogens is 1. The van der Waals surface area contributed by atoms with Gasteiger partial charge >= 0.3 is 5.97 Å². The van der Waals surface area contributed by atoms with Crippen LogP contribution in [-0.2, 0) is 14.3 Å². The molecule has 1 aliphatic heterocycles. The zero-order valence-electron chi connectivity index (χ0n) is 10.8. The Balaban J connectivity index is 2.13. The van der Waals surface area contributed by atoms with Gasteiger partial charge in [0.2, 0.25) is 5.91 Å². The van der Waals surface area contributed by atoms with E-state index in [0.29, 0.717) is 23.6 Å². The predicted octanol–water partition coefficient (Wildman–Crippen LogP) is 2.15. The van der Waals surface area contributed by atoms with Crippen molar-refractivity contribution in [3.8, 4) is 0 Å². The highest BCUT2D eigenvalue weighted by Gasteiger charge is 2.27. The summed E-state index contributed by atoms with van der Waals surface area (Å²) >= 11 is 6.07. The fraction of sp³-hybridized carbons (Fsp3) is 0.429. The monoisotopic (exact) mass is 297 g/mol. The molecule has 6 heteroatoms. The van der Waals surface area contributed by atoms with Gasteiger partial charge in [-0.05, 0) is 24.5 Å². The third-order valence-electron chi connectivity index (χ3n) is 3.20. The highest BCUT2D eigenvalue weighted by atomic mass is 35.5. The van der Waals surface area contributed by atoms with Gasteiger partial charge in [-0.2, -0.15) is 0 Å². The van der Waals surface area contributed by atoms with Crippen LogP contribution < -0.4 is 5.32 Å². The van der Waals surface area contributed by atoms with Crippen LogP contribution in [0.3, 0.4) is 0 Å². The lowest BCUT2D eigenvalue weighted by atomic mass is 10.0. The molecule has 1 heterocycles. The van der Waals surface area contributed by atoms with Crippen LogP contribution >= 0.6 is 11.6 Å². The summed E-state index contributed by atoms with van der Waals surface area (Å²) in [4.78, 5) is 23.0. The van der Waals surface area contributed by atoms with E-state index >= 15 is 0 Å². The number of amides is 1. The summed E-state index contributed by atoms with van der Waals surface area (Å²) in [5.74, 6) is -1.28. The van der Waals surface area contributed by atoms with E-state index in [2.05, 4.69) is 5.32 Å². The molecule has 0 saturated carbocycles. The molecule has 108 valence electrons. The van der Waals surface area contributed by atoms with Gasteiger partial charge in [0, 0.05) is 11.6 Å². The van der Waals surface area contributed by atoms with Crippen molar-refractivity contribution in [2.24, 2.45) is 0 Å². The Morgan fingerprint density at radius 2 is 2.20 bits per heavy atom. The minimum atomic E-state index is -0.998. The molecule has 1 aliphatic rings. The quantitative estimate of drug-likeness (QED) is 0.873. The van der Waals surface area contributed by atoms with Crippen LogP contribution in [0, 0.1) is 0 Å². The standard InChI is InChI=1S/C14H16ClNO4/c15-10-5-2-1-4-9(10)11(8-13(17)18)16-14(19)12-6-3-7-20-12/h1-2,4-5,11-12H,3,6-8H2,(H,16,19)(H,17,18)/t11-,12-/m1/s1. The average molecular weight is 298 g/mol. The molecule has 2 atom stereocenters. The van der Waals surface area contributed by atoms with Crippen molar-refractivity contribution in [1.29, 1.82) is 0 Å². The molecule has 5 nitrogen and oxygen atoms in total. The highest BCUT2D eigenvalue weighted by molar-refractivity contribution is 6.31. The van der Waals surface area contributed by atoms with Crippen LogP contribution in [0.2, 0.25) is 5.02 Å². The summed E-state index contributed by atoms with van der Waals surface area (Å²) in [5, 5.41) is 12.1. The molecule has 1 amide bonds. The van der Waals surface area contributed by atoms with E-state index in [-0.39, 0.29) is 12.3 Å². The molecule has 1 aromatic rings. The highest BCUT2D eigenvalue weighted by Crippen LogP contribution is 2.25. The maximum absolute atomic E-state index is 12.0. The van der Waals surface area contributed by atoms with E-state index in [1.165, 1.54) is 0 Å². The Morgan fingerprint density at radius 3 is 2.80 bits per heavy atom. The van der Waals surface area contributed by atoms with Gasteiger partial charge in [0.25, 0.3) is 0 Å². The maximum atomic E-state index is 12.0. The SMILES string of the molecule is O=C(O)C[C@@H](NC(=O)[C@H]1CCCO1)c1ccccc1Cl. The summed E-state index contributed by atoms with van der Waals surface area (Å²) in [6.07, 6.45) is 0.790. The molecule has 0 bridgehead atoms. The number of rotatable bonds is 5. The fourth-order valence-corrected chi connectivity index (χ4v) is 2.49. The molecule has 2 rings (SSSR count). The van der Waals surface area contributed by atoms with E-state index < -0.39 is 18.1 Å². The molecule has 0 aromatic heterocycles. The third-order valence-corrected chi connectivity index (χ3v) is 3.54. The molecule has 0 spiro atoms. The normalized spacial score (nSPS) is 19.6. The first-order valence-corrected chi connectivity index (χ1v) is 6.84. The lowest BCUT2D eigenvalue weighted by Gasteiger charge is -2.20. The summed E-state index contributed by atoms with van der Waals surface area (Å²) in [7, 11) is 0. The number of carboxylic acids is 1. The minimum Gasteiger partial charge on any atom is -0.481 e. The van der Waals surface area contributed by atoms with E-state index in [1.54, 1.807) is 24.3 Å². The molecule has 1 fully saturated rings. The topological polar surface area (TPSA) is 75.6 Å². The van der Waals surface area contributed by atoms with Crippen molar-refractivity contribution in [2.45, 2.75) is 31.4 Å². The molecule has 20 heavy (non-hydrogen) atoms. The summed E-state index contributed by atoms with van der Waals surface area (Å²) in [5.41, 5.74) is 0.600. The lowest BCUT2D eigenvalue weighted by Crippen LogP contribution is -2.37. The van der Waals surface area contributed by atoms with Crippen molar-refractivity contribution in [1.82, 2.24) is 5.32 Å². The van der Waals surface area contributed by atoms with Crippen molar-refractivity contribution < 1.29 is 19.4 Å². The lowest BCUT2D eigenvalue weighted by molar-refractivity contribution is -0.138. The van der Waals surface area contributed by atoms with E-state index in [0.717, 1.165) is 6.42 Å². The van der Waals surface area contributed by atoms with Gasteiger partial charge in [0.15, 0.2) is 0 Å². The van der Waals surface area contributed by atoms with Crippen molar-refractivity contribution >= 4 is 23.5 Å². The van der Waals surface area contributed by atoms with Gasteiger partial charge in [-0.25, -0.2) is 0 Å². The summed E-state index contributed by atoms with van der Waals surface area (Å²) in [6, 6.07) is 6.24. The first-order chi connectivity index (χ1) is 9.58. The molecule has 0 radical (unpaired) electrons. The Morgan fingerprint density at radius 1 is 1.45 bits per heavy atom. The number of carbonyl (C=O) groups excluding carboxylic acids is 1. The smallest absolute Gasteiger partial charge is 0.305 e. The molecule has 2 N–H and O–H groups in total. The maximum Gasteiger partial charge on any atom is 0.305 e. The van der Waals surface area contributed by atoms with E-state index in [1.807, 2.05) is 0 Å². The molecule has 1 saturated heterocycles.